The van der Waals surface area contributed by atoms with E-state index in [1.807, 2.05) is 0 Å². The zero-order valence-electron chi connectivity index (χ0n) is 17.8. The first kappa shape index (κ1) is 23.2. The third-order valence-corrected chi connectivity index (χ3v) is 5.40. The number of carbonyl (C=O) groups is 3. The highest BCUT2D eigenvalue weighted by Gasteiger charge is 2.34. The van der Waals surface area contributed by atoms with Crippen molar-refractivity contribution in [1.29, 1.82) is 0 Å². The molecule has 1 saturated heterocycles. The zero-order chi connectivity index (χ0) is 24.2. The fourth-order valence-corrected chi connectivity index (χ4v) is 3.58. The minimum absolute atomic E-state index is 0.0302. The van der Waals surface area contributed by atoms with Crippen molar-refractivity contribution in [3.8, 4) is 5.75 Å². The van der Waals surface area contributed by atoms with Gasteiger partial charge in [0.15, 0.2) is 0 Å². The number of halogens is 2. The Morgan fingerprint density at radius 3 is 2.65 bits per heavy atom. The molecule has 0 aliphatic carbocycles. The first-order valence-corrected chi connectivity index (χ1v) is 10.8. The number of hydrogen-bond acceptors (Lipinski definition) is 6. The second-order valence-electron chi connectivity index (χ2n) is 7.23. The highest BCUT2D eigenvalue weighted by atomic mass is 79.9. The van der Waals surface area contributed by atoms with Crippen LogP contribution in [0.3, 0.4) is 0 Å². The van der Waals surface area contributed by atoms with E-state index in [1.165, 1.54) is 37.5 Å². The van der Waals surface area contributed by atoms with Gasteiger partial charge in [0, 0.05) is 10.0 Å². The fraction of sp³-hybridized carbons (Fsp3) is 0.125. The van der Waals surface area contributed by atoms with Crippen molar-refractivity contribution >= 4 is 39.9 Å². The van der Waals surface area contributed by atoms with Gasteiger partial charge in [-0.2, -0.15) is 0 Å². The van der Waals surface area contributed by atoms with Gasteiger partial charge in [0.05, 0.1) is 13.7 Å². The lowest BCUT2D eigenvalue weighted by atomic mass is 10.1. The van der Waals surface area contributed by atoms with Crippen molar-refractivity contribution in [2.24, 2.45) is 0 Å². The number of nitrogens with zero attached hydrogens (tertiary/aromatic N) is 1. The van der Waals surface area contributed by atoms with Crippen LogP contribution >= 0.6 is 15.9 Å². The van der Waals surface area contributed by atoms with E-state index in [0.717, 1.165) is 14.9 Å². The quantitative estimate of drug-likeness (QED) is 0.272. The van der Waals surface area contributed by atoms with Crippen LogP contribution in [-0.4, -0.2) is 29.9 Å². The standard InChI is InChI=1S/C24H18BrFN2O6/c1-32-23(30)21-9-7-18(34-21)12-28-22(29)19(27-24(28)31)11-15-10-16(25)4-8-20(15)33-13-14-2-5-17(26)6-3-14/h2-11H,12-13H2,1H3,(H,27,31)/b19-11-. The number of methoxy groups -OCH3 is 1. The third kappa shape index (κ3) is 5.18. The SMILES string of the molecule is COC(=O)c1ccc(CN2C(=O)N/C(=C\c3cc(Br)ccc3OCc3ccc(F)cc3)C2=O)o1. The summed E-state index contributed by atoms with van der Waals surface area (Å²) in [7, 11) is 1.22. The number of hydrogen-bond donors (Lipinski definition) is 1. The molecule has 1 N–H and O–H groups in total. The summed E-state index contributed by atoms with van der Waals surface area (Å²) in [5.74, 6) is -0.881. The number of esters is 1. The average molecular weight is 529 g/mol. The molecule has 0 saturated carbocycles. The Morgan fingerprint density at radius 1 is 1.15 bits per heavy atom. The summed E-state index contributed by atoms with van der Waals surface area (Å²) in [6.45, 7) is 0.0247. The second-order valence-corrected chi connectivity index (χ2v) is 8.15. The van der Waals surface area contributed by atoms with Gasteiger partial charge in [-0.15, -0.1) is 0 Å². The van der Waals surface area contributed by atoms with Gasteiger partial charge in [0.2, 0.25) is 5.76 Å². The molecule has 0 spiro atoms. The van der Waals surface area contributed by atoms with Crippen molar-refractivity contribution in [2.45, 2.75) is 13.2 Å². The first-order valence-electron chi connectivity index (χ1n) is 10.0. The molecule has 4 rings (SSSR count). The zero-order valence-corrected chi connectivity index (χ0v) is 19.4. The third-order valence-electron chi connectivity index (χ3n) is 4.90. The van der Waals surface area contributed by atoms with Crippen molar-refractivity contribution < 1.29 is 32.7 Å². The molecule has 0 unspecified atom stereocenters. The van der Waals surface area contributed by atoms with Gasteiger partial charge in [0.1, 0.15) is 29.6 Å². The number of carbonyl (C=O) groups excluding carboxylic acids is 3. The molecule has 3 amide bonds. The van der Waals surface area contributed by atoms with Crippen molar-refractivity contribution in [1.82, 2.24) is 10.2 Å². The van der Waals surface area contributed by atoms with Crippen molar-refractivity contribution in [3.05, 3.63) is 93.2 Å². The van der Waals surface area contributed by atoms with E-state index in [0.29, 0.717) is 11.3 Å². The molecule has 2 heterocycles. The van der Waals surface area contributed by atoms with E-state index in [4.69, 9.17) is 9.15 Å². The van der Waals surface area contributed by atoms with Gasteiger partial charge in [0.25, 0.3) is 5.91 Å². The van der Waals surface area contributed by atoms with E-state index >= 15 is 0 Å². The Kier molecular flexibility index (Phi) is 6.78. The summed E-state index contributed by atoms with van der Waals surface area (Å²) < 4.78 is 29.7. The van der Waals surface area contributed by atoms with Crippen molar-refractivity contribution in [2.75, 3.05) is 7.11 Å². The molecule has 10 heteroatoms. The summed E-state index contributed by atoms with van der Waals surface area (Å²) in [6.07, 6.45) is 1.51. The Balaban J connectivity index is 1.52. The van der Waals surface area contributed by atoms with E-state index in [-0.39, 0.29) is 36.2 Å². The van der Waals surface area contributed by atoms with Crippen LogP contribution in [0, 0.1) is 5.82 Å². The molecule has 8 nitrogen and oxygen atoms in total. The maximum atomic E-state index is 13.1. The number of urea groups is 1. The molecule has 1 aromatic heterocycles. The number of rotatable bonds is 7. The van der Waals surface area contributed by atoms with E-state index in [2.05, 4.69) is 26.0 Å². The highest BCUT2D eigenvalue weighted by Crippen LogP contribution is 2.28. The summed E-state index contributed by atoms with van der Waals surface area (Å²) in [6, 6.07) is 13.4. The van der Waals surface area contributed by atoms with Crippen LogP contribution < -0.4 is 10.1 Å². The number of benzene rings is 2. The molecule has 0 bridgehead atoms. The maximum Gasteiger partial charge on any atom is 0.373 e. The molecule has 0 atom stereocenters. The van der Waals surface area contributed by atoms with Crippen LogP contribution in [0.2, 0.25) is 0 Å². The van der Waals surface area contributed by atoms with Crippen LogP contribution in [0.4, 0.5) is 9.18 Å². The molecule has 34 heavy (non-hydrogen) atoms. The monoisotopic (exact) mass is 528 g/mol. The minimum atomic E-state index is -0.660. The Hall–Kier alpha value is -3.92. The Labute approximate surface area is 202 Å². The van der Waals surface area contributed by atoms with Crippen LogP contribution in [0.15, 0.2) is 69.2 Å². The molecule has 1 fully saturated rings. The van der Waals surface area contributed by atoms with Gasteiger partial charge in [-0.1, -0.05) is 28.1 Å². The summed E-state index contributed by atoms with van der Waals surface area (Å²) >= 11 is 3.39. The van der Waals surface area contributed by atoms with E-state index < -0.39 is 17.9 Å². The number of ether oxygens (including phenoxy) is 2. The lowest BCUT2D eigenvalue weighted by molar-refractivity contribution is -0.123. The molecule has 2 aromatic carbocycles. The van der Waals surface area contributed by atoms with Gasteiger partial charge >= 0.3 is 12.0 Å². The van der Waals surface area contributed by atoms with Crippen molar-refractivity contribution in [3.63, 3.8) is 0 Å². The molecule has 1 aliphatic heterocycles. The molecule has 174 valence electrons. The van der Waals surface area contributed by atoms with Gasteiger partial charge < -0.3 is 19.2 Å². The normalized spacial score (nSPS) is 14.4. The van der Waals surface area contributed by atoms with Crippen LogP contribution in [0.5, 0.6) is 5.75 Å². The minimum Gasteiger partial charge on any atom is -0.488 e. The predicted molar refractivity (Wildman–Crippen MR) is 122 cm³/mol. The van der Waals surface area contributed by atoms with Gasteiger partial charge in [-0.05, 0) is 54.1 Å². The Bertz CT molecular complexity index is 1280. The van der Waals surface area contributed by atoms with E-state index in [1.54, 1.807) is 30.3 Å². The lowest BCUT2D eigenvalue weighted by Crippen LogP contribution is -2.30. The molecule has 1 aliphatic rings. The molecular weight excluding hydrogens is 511 g/mol. The highest BCUT2D eigenvalue weighted by molar-refractivity contribution is 9.10. The lowest BCUT2D eigenvalue weighted by Gasteiger charge is -2.11. The predicted octanol–water partition coefficient (Wildman–Crippen LogP) is 4.64. The number of furan rings is 1. The largest absolute Gasteiger partial charge is 0.488 e. The number of imide groups is 1. The summed E-state index contributed by atoms with van der Waals surface area (Å²) in [5.41, 5.74) is 1.37. The summed E-state index contributed by atoms with van der Waals surface area (Å²) in [4.78, 5) is 37.8. The van der Waals surface area contributed by atoms with Crippen LogP contribution in [-0.2, 0) is 22.7 Å². The second kappa shape index (κ2) is 9.92. The Morgan fingerprint density at radius 2 is 1.91 bits per heavy atom. The van der Waals surface area contributed by atoms with Crippen LogP contribution in [0.1, 0.15) is 27.4 Å². The maximum absolute atomic E-state index is 13.1. The number of nitrogens with one attached hydrogen (secondary N) is 1. The molecule has 0 radical (unpaired) electrons. The van der Waals surface area contributed by atoms with Gasteiger partial charge in [-0.25, -0.2) is 14.0 Å². The van der Waals surface area contributed by atoms with Gasteiger partial charge in [-0.3, -0.25) is 9.69 Å². The molecule has 3 aromatic rings. The van der Waals surface area contributed by atoms with Crippen LogP contribution in [0.25, 0.3) is 6.08 Å². The number of amides is 3. The fourth-order valence-electron chi connectivity index (χ4n) is 3.21. The first-order chi connectivity index (χ1) is 16.3. The summed E-state index contributed by atoms with van der Waals surface area (Å²) in [5, 5.41) is 2.54. The average Bonchev–Trinajstić information content (AvgIpc) is 3.39. The topological polar surface area (TPSA) is 98.1 Å². The smallest absolute Gasteiger partial charge is 0.373 e. The van der Waals surface area contributed by atoms with E-state index in [9.17, 15) is 18.8 Å². The molecular formula is C24H18BrFN2O6.